The smallest absolute Gasteiger partial charge is 0.394 e. The number of halogens is 17. The molecule has 0 bridgehead atoms. The van der Waals surface area contributed by atoms with Gasteiger partial charge in [0, 0.05) is 13.1 Å². The van der Waals surface area contributed by atoms with Crippen LogP contribution in [0.25, 0.3) is 0 Å². The fourth-order valence-corrected chi connectivity index (χ4v) is 5.68. The van der Waals surface area contributed by atoms with Gasteiger partial charge >= 0.3 is 47.0 Å². The molecule has 0 aliphatic carbocycles. The SMILES string of the molecule is CCCN(CCOCCOCCOCCOCCOCCOCCOCCOCCOCCO)S(=O)(=O)C(F)(F)C(F)(F)C(F)(F)C(F)(F)C(F)(F)C(F)(F)C(F)(F)C(F)(F)F. The minimum absolute atomic E-state index is 0.00184. The summed E-state index contributed by atoms with van der Waals surface area (Å²) in [6, 6.07) is 0. The van der Waals surface area contributed by atoms with Crippen molar-refractivity contribution < 1.29 is 131 Å². The number of aliphatic hydroxyl groups excluding tert-OH is 1. The molecule has 13 nitrogen and oxygen atoms in total. The third-order valence-electron chi connectivity index (χ3n) is 7.53. The quantitative estimate of drug-likeness (QED) is 0.0645. The van der Waals surface area contributed by atoms with E-state index in [1.54, 1.807) is 0 Å². The van der Waals surface area contributed by atoms with Gasteiger partial charge in [-0.15, -0.1) is 0 Å². The molecule has 0 aliphatic heterocycles. The lowest BCUT2D eigenvalue weighted by Gasteiger charge is -2.43. The summed E-state index contributed by atoms with van der Waals surface area (Å²) in [7, 11) is -7.41. The summed E-state index contributed by atoms with van der Waals surface area (Å²) in [5.74, 6) is -52.0. The normalized spacial score (nSPS) is 14.4. The van der Waals surface area contributed by atoms with E-state index in [2.05, 4.69) is 0 Å². The van der Waals surface area contributed by atoms with Crippen molar-refractivity contribution in [3.8, 4) is 0 Å². The molecule has 0 aromatic rings. The zero-order valence-corrected chi connectivity index (χ0v) is 33.6. The zero-order chi connectivity index (χ0) is 48.0. The Balaban J connectivity index is 4.62. The molecule has 31 heteroatoms. The summed E-state index contributed by atoms with van der Waals surface area (Å²) in [4.78, 5) is 0. The summed E-state index contributed by atoms with van der Waals surface area (Å²) in [6.45, 7) is 0.0631. The van der Waals surface area contributed by atoms with Gasteiger partial charge in [0.2, 0.25) is 0 Å². The minimum atomic E-state index is -8.90. The topological polar surface area (TPSA) is 141 Å². The van der Waals surface area contributed by atoms with Gasteiger partial charge < -0.3 is 47.7 Å². The molecular formula is C31H48F17NO12S. The lowest BCUT2D eigenvalue weighted by Crippen LogP contribution is -2.75. The van der Waals surface area contributed by atoms with Crippen LogP contribution in [0.1, 0.15) is 13.3 Å². The summed E-state index contributed by atoms with van der Waals surface area (Å²) in [5.41, 5.74) is 0. The number of nitrogens with zero attached hydrogens (tertiary/aromatic N) is 1. The first-order valence-electron chi connectivity index (χ1n) is 18.0. The second-order valence-electron chi connectivity index (χ2n) is 12.1. The molecule has 0 heterocycles. The van der Waals surface area contributed by atoms with Crippen molar-refractivity contribution in [2.45, 2.75) is 60.3 Å². The molecule has 0 aliphatic rings. The van der Waals surface area contributed by atoms with E-state index in [-0.39, 0.29) is 59.5 Å². The van der Waals surface area contributed by atoms with Crippen LogP contribution in [0.15, 0.2) is 0 Å². The van der Waals surface area contributed by atoms with Gasteiger partial charge in [0.05, 0.1) is 126 Å². The van der Waals surface area contributed by atoms with Crippen LogP contribution in [0.4, 0.5) is 74.6 Å². The average molecular weight is 982 g/mol. The first-order chi connectivity index (χ1) is 28.5. The van der Waals surface area contributed by atoms with E-state index in [4.69, 9.17) is 47.7 Å². The molecule has 0 saturated carbocycles. The Morgan fingerprint density at radius 2 is 0.613 bits per heavy atom. The molecule has 62 heavy (non-hydrogen) atoms. The van der Waals surface area contributed by atoms with Gasteiger partial charge in [0.15, 0.2) is 0 Å². The molecule has 0 atom stereocenters. The maximum Gasteiger partial charge on any atom is 0.460 e. The van der Waals surface area contributed by atoms with Crippen molar-refractivity contribution in [1.82, 2.24) is 4.31 Å². The van der Waals surface area contributed by atoms with E-state index < -0.39 is 94.0 Å². The Morgan fingerprint density at radius 3 is 0.871 bits per heavy atom. The van der Waals surface area contributed by atoms with Crippen LogP contribution in [0.5, 0.6) is 0 Å². The van der Waals surface area contributed by atoms with Gasteiger partial charge in [-0.1, -0.05) is 6.92 Å². The molecule has 0 rings (SSSR count). The first kappa shape index (κ1) is 60.3. The second-order valence-corrected chi connectivity index (χ2v) is 14.1. The van der Waals surface area contributed by atoms with Crippen molar-refractivity contribution in [3.05, 3.63) is 0 Å². The monoisotopic (exact) mass is 981 g/mol. The molecule has 0 unspecified atom stereocenters. The Morgan fingerprint density at radius 1 is 0.371 bits per heavy atom. The number of aliphatic hydroxyl groups is 1. The Hall–Kier alpha value is -1.68. The van der Waals surface area contributed by atoms with Gasteiger partial charge in [0.25, 0.3) is 10.0 Å². The van der Waals surface area contributed by atoms with Crippen LogP contribution >= 0.6 is 0 Å². The molecule has 0 fully saturated rings. The van der Waals surface area contributed by atoms with E-state index in [0.717, 1.165) is 6.92 Å². The van der Waals surface area contributed by atoms with Crippen LogP contribution in [0.2, 0.25) is 0 Å². The van der Waals surface area contributed by atoms with Crippen molar-refractivity contribution in [1.29, 1.82) is 0 Å². The predicted octanol–water partition coefficient (Wildman–Crippen LogP) is 5.14. The zero-order valence-electron chi connectivity index (χ0n) is 32.8. The number of alkyl halides is 17. The highest BCUT2D eigenvalue weighted by atomic mass is 32.2. The Bertz CT molecular complexity index is 1320. The standard InChI is InChI=1S/C31H48F17NO12S/c1-2-3-49(62(51,52)31(47,48)29(42,43)27(38,39)25(34,35)24(32,33)26(36,37)28(40,41)30(44,45)46)4-6-53-8-10-55-12-14-57-16-18-59-20-22-61-23-21-60-19-17-58-15-13-56-11-9-54-7-5-50/h50H,2-23H2,1H3. The number of hydrogen-bond acceptors (Lipinski definition) is 12. The largest absolute Gasteiger partial charge is 0.460 e. The van der Waals surface area contributed by atoms with Crippen LogP contribution in [0.3, 0.4) is 0 Å². The summed E-state index contributed by atoms with van der Waals surface area (Å²) in [6.07, 6.45) is -8.52. The van der Waals surface area contributed by atoms with Crippen LogP contribution in [-0.2, 0) is 52.7 Å². The third kappa shape index (κ3) is 16.0. The maximum absolute atomic E-state index is 14.6. The minimum Gasteiger partial charge on any atom is -0.394 e. The van der Waals surface area contributed by atoms with Gasteiger partial charge in [-0.2, -0.15) is 78.9 Å². The van der Waals surface area contributed by atoms with Crippen molar-refractivity contribution >= 4 is 10.0 Å². The number of ether oxygens (including phenoxy) is 9. The Labute approximate surface area is 344 Å². The molecule has 0 radical (unpaired) electrons. The summed E-state index contributed by atoms with van der Waals surface area (Å²) < 4.78 is 302. The molecule has 0 aromatic carbocycles. The van der Waals surface area contributed by atoms with Crippen molar-refractivity contribution in [2.75, 3.05) is 139 Å². The molecule has 0 amide bonds. The highest BCUT2D eigenvalue weighted by Gasteiger charge is 2.96. The summed E-state index contributed by atoms with van der Waals surface area (Å²) in [5, 5.41) is 0.923. The lowest BCUT2D eigenvalue weighted by atomic mass is 9.91. The third-order valence-corrected chi connectivity index (χ3v) is 9.48. The lowest BCUT2D eigenvalue weighted by molar-refractivity contribution is -0.458. The van der Waals surface area contributed by atoms with Gasteiger partial charge in [-0.05, 0) is 6.42 Å². The molecule has 374 valence electrons. The van der Waals surface area contributed by atoms with E-state index in [9.17, 15) is 83.1 Å². The number of sulfonamides is 1. The molecule has 0 saturated heterocycles. The van der Waals surface area contributed by atoms with E-state index >= 15 is 0 Å². The highest BCUT2D eigenvalue weighted by molar-refractivity contribution is 7.90. The van der Waals surface area contributed by atoms with E-state index in [0.29, 0.717) is 52.9 Å². The highest BCUT2D eigenvalue weighted by Crippen LogP contribution is 2.64. The average Bonchev–Trinajstić information content (AvgIpc) is 3.17. The molecular weight excluding hydrogens is 933 g/mol. The first-order valence-corrected chi connectivity index (χ1v) is 19.5. The van der Waals surface area contributed by atoms with Crippen LogP contribution in [-0.4, -0.2) is 203 Å². The molecule has 0 spiro atoms. The van der Waals surface area contributed by atoms with Crippen LogP contribution < -0.4 is 0 Å². The predicted molar refractivity (Wildman–Crippen MR) is 176 cm³/mol. The van der Waals surface area contributed by atoms with Gasteiger partial charge in [0.1, 0.15) is 0 Å². The molecule has 0 aromatic heterocycles. The number of rotatable bonds is 39. The number of hydrogen-bond donors (Lipinski definition) is 1. The summed E-state index contributed by atoms with van der Waals surface area (Å²) >= 11 is 0. The fraction of sp³-hybridized carbons (Fsp3) is 1.00. The van der Waals surface area contributed by atoms with Gasteiger partial charge in [-0.3, -0.25) is 0 Å². The van der Waals surface area contributed by atoms with Crippen molar-refractivity contribution in [2.24, 2.45) is 0 Å². The maximum atomic E-state index is 14.6. The van der Waals surface area contributed by atoms with Crippen molar-refractivity contribution in [3.63, 3.8) is 0 Å². The second kappa shape index (κ2) is 27.1. The van der Waals surface area contributed by atoms with E-state index in [1.807, 2.05) is 0 Å². The molecule has 1 N–H and O–H groups in total. The Kier molecular flexibility index (Phi) is 26.3. The fourth-order valence-electron chi connectivity index (χ4n) is 4.17. The van der Waals surface area contributed by atoms with E-state index in [1.165, 1.54) is 0 Å². The van der Waals surface area contributed by atoms with Crippen LogP contribution in [0, 0.1) is 0 Å². The van der Waals surface area contributed by atoms with Gasteiger partial charge in [-0.25, -0.2) is 8.42 Å².